The van der Waals surface area contributed by atoms with Crippen molar-refractivity contribution in [3.63, 3.8) is 0 Å². The molecule has 0 aliphatic carbocycles. The number of hydrogen-bond acceptors (Lipinski definition) is 7. The number of amides is 1. The van der Waals surface area contributed by atoms with Crippen LogP contribution in [0.3, 0.4) is 0 Å². The van der Waals surface area contributed by atoms with Crippen LogP contribution in [0, 0.1) is 0 Å². The quantitative estimate of drug-likeness (QED) is 0.507. The first-order valence-electron chi connectivity index (χ1n) is 10.4. The molecule has 11 heteroatoms. The highest BCUT2D eigenvalue weighted by atomic mass is 35.5. The van der Waals surface area contributed by atoms with E-state index < -0.39 is 5.97 Å². The molecule has 4 rings (SSSR count). The van der Waals surface area contributed by atoms with E-state index in [1.807, 2.05) is 12.1 Å². The highest BCUT2D eigenvalue weighted by Crippen LogP contribution is 2.23. The molecule has 1 fully saturated rings. The SMILES string of the molecule is COC(=O)c1ccc2c(c1)nnn2CC(=O)NCC1CN(Cc2ccc(Cl)c(Cl)c2)CCO1. The van der Waals surface area contributed by atoms with Gasteiger partial charge in [0.2, 0.25) is 5.91 Å². The number of carbonyl (C=O) groups excluding carboxylic acids is 2. The molecule has 1 N–H and O–H groups in total. The van der Waals surface area contributed by atoms with E-state index in [0.717, 1.165) is 18.7 Å². The summed E-state index contributed by atoms with van der Waals surface area (Å²) in [5, 5.41) is 12.0. The summed E-state index contributed by atoms with van der Waals surface area (Å²) < 4.78 is 12.0. The summed E-state index contributed by atoms with van der Waals surface area (Å²) in [4.78, 5) is 26.4. The van der Waals surface area contributed by atoms with E-state index >= 15 is 0 Å². The highest BCUT2D eigenvalue weighted by Gasteiger charge is 2.22. The third-order valence-electron chi connectivity index (χ3n) is 5.37. The fourth-order valence-electron chi connectivity index (χ4n) is 3.70. The van der Waals surface area contributed by atoms with Crippen LogP contribution in [-0.4, -0.2) is 71.2 Å². The van der Waals surface area contributed by atoms with Gasteiger partial charge in [-0.1, -0.05) is 34.5 Å². The van der Waals surface area contributed by atoms with E-state index in [9.17, 15) is 9.59 Å². The first-order chi connectivity index (χ1) is 15.9. The second-order valence-corrected chi connectivity index (χ2v) is 8.54. The summed E-state index contributed by atoms with van der Waals surface area (Å²) >= 11 is 12.1. The van der Waals surface area contributed by atoms with Crippen molar-refractivity contribution in [2.45, 2.75) is 19.2 Å². The molecule has 1 aliphatic heterocycles. The second-order valence-electron chi connectivity index (χ2n) is 7.72. The number of rotatable bonds is 7. The summed E-state index contributed by atoms with van der Waals surface area (Å²) in [5.41, 5.74) is 2.61. The molecule has 2 aromatic carbocycles. The lowest BCUT2D eigenvalue weighted by Gasteiger charge is -2.33. The number of ether oxygens (including phenoxy) is 2. The molecule has 9 nitrogen and oxygen atoms in total. The largest absolute Gasteiger partial charge is 0.465 e. The van der Waals surface area contributed by atoms with Crippen molar-refractivity contribution in [3.05, 3.63) is 57.6 Å². The van der Waals surface area contributed by atoms with Crippen molar-refractivity contribution in [3.8, 4) is 0 Å². The number of nitrogens with zero attached hydrogens (tertiary/aromatic N) is 4. The molecule has 0 saturated carbocycles. The lowest BCUT2D eigenvalue weighted by atomic mass is 10.2. The number of aromatic nitrogens is 3. The van der Waals surface area contributed by atoms with Gasteiger partial charge in [-0.3, -0.25) is 9.69 Å². The molecule has 1 amide bonds. The van der Waals surface area contributed by atoms with Gasteiger partial charge in [0, 0.05) is 26.2 Å². The van der Waals surface area contributed by atoms with E-state index in [4.69, 9.17) is 32.7 Å². The van der Waals surface area contributed by atoms with Crippen LogP contribution in [0.2, 0.25) is 10.0 Å². The second kappa shape index (κ2) is 10.5. The van der Waals surface area contributed by atoms with Gasteiger partial charge in [0.15, 0.2) is 0 Å². The molecule has 2 heterocycles. The van der Waals surface area contributed by atoms with Crippen LogP contribution in [-0.2, 0) is 27.4 Å². The van der Waals surface area contributed by atoms with Crippen molar-refractivity contribution in [2.24, 2.45) is 0 Å². The van der Waals surface area contributed by atoms with Gasteiger partial charge in [-0.2, -0.15) is 0 Å². The van der Waals surface area contributed by atoms with E-state index in [-0.39, 0.29) is 18.6 Å². The zero-order valence-electron chi connectivity index (χ0n) is 18.0. The maximum absolute atomic E-state index is 12.5. The molecule has 33 heavy (non-hydrogen) atoms. The number of methoxy groups -OCH3 is 1. The smallest absolute Gasteiger partial charge is 0.337 e. The topological polar surface area (TPSA) is 98.6 Å². The minimum absolute atomic E-state index is 0.00772. The van der Waals surface area contributed by atoms with Gasteiger partial charge in [0.25, 0.3) is 0 Å². The van der Waals surface area contributed by atoms with Crippen LogP contribution in [0.4, 0.5) is 0 Å². The first-order valence-corrected chi connectivity index (χ1v) is 11.1. The summed E-state index contributed by atoms with van der Waals surface area (Å²) in [6.07, 6.45) is -0.124. The highest BCUT2D eigenvalue weighted by molar-refractivity contribution is 6.42. The standard InChI is InChI=1S/C22H23Cl2N5O4/c1-32-22(31)15-3-5-20-19(9-15)26-27-29(20)13-21(30)25-10-16-12-28(6-7-33-16)11-14-2-4-17(23)18(24)8-14/h2-5,8-9,16H,6-7,10-13H2,1H3,(H,25,30). The van der Waals surface area contributed by atoms with Crippen LogP contribution in [0.25, 0.3) is 11.0 Å². The fourth-order valence-corrected chi connectivity index (χ4v) is 4.02. The molecule has 1 atom stereocenters. The van der Waals surface area contributed by atoms with Gasteiger partial charge in [-0.15, -0.1) is 5.10 Å². The molecule has 1 aromatic heterocycles. The van der Waals surface area contributed by atoms with Crippen molar-refractivity contribution in [2.75, 3.05) is 33.4 Å². The van der Waals surface area contributed by atoms with E-state index in [1.54, 1.807) is 24.3 Å². The number of halogens is 2. The van der Waals surface area contributed by atoms with Crippen molar-refractivity contribution in [1.29, 1.82) is 0 Å². The normalized spacial score (nSPS) is 16.6. The minimum Gasteiger partial charge on any atom is -0.465 e. The van der Waals surface area contributed by atoms with Gasteiger partial charge in [0.1, 0.15) is 12.1 Å². The average Bonchev–Trinajstić information content (AvgIpc) is 3.21. The van der Waals surface area contributed by atoms with Crippen LogP contribution >= 0.6 is 23.2 Å². The third kappa shape index (κ3) is 5.80. The maximum atomic E-state index is 12.5. The predicted octanol–water partition coefficient (Wildman–Crippen LogP) is 2.54. The van der Waals surface area contributed by atoms with Crippen molar-refractivity contribution < 1.29 is 19.1 Å². The number of carbonyl (C=O) groups is 2. The molecule has 0 bridgehead atoms. The Morgan fingerprint density at radius 1 is 1.21 bits per heavy atom. The molecule has 174 valence electrons. The molecule has 3 aromatic rings. The van der Waals surface area contributed by atoms with Crippen molar-refractivity contribution >= 4 is 46.1 Å². The molecule has 0 radical (unpaired) electrons. The Bertz CT molecular complexity index is 1170. The number of esters is 1. The Kier molecular flexibility index (Phi) is 7.44. The van der Waals surface area contributed by atoms with Gasteiger partial charge in [-0.05, 0) is 35.9 Å². The lowest BCUT2D eigenvalue weighted by Crippen LogP contribution is -2.47. The molecule has 0 spiro atoms. The summed E-state index contributed by atoms with van der Waals surface area (Å²) in [7, 11) is 1.32. The third-order valence-corrected chi connectivity index (χ3v) is 6.11. The number of morpholine rings is 1. The van der Waals surface area contributed by atoms with Crippen LogP contribution in [0.15, 0.2) is 36.4 Å². The molecule has 1 aliphatic rings. The first kappa shape index (κ1) is 23.4. The van der Waals surface area contributed by atoms with Crippen LogP contribution in [0.5, 0.6) is 0 Å². The van der Waals surface area contributed by atoms with E-state index in [0.29, 0.717) is 46.3 Å². The van der Waals surface area contributed by atoms with Crippen LogP contribution < -0.4 is 5.32 Å². The summed E-state index contributed by atoms with van der Waals surface area (Å²) in [6.45, 7) is 3.18. The van der Waals surface area contributed by atoms with Gasteiger partial charge in [0.05, 0.1) is 40.9 Å². The van der Waals surface area contributed by atoms with E-state index in [2.05, 4.69) is 20.5 Å². The summed E-state index contributed by atoms with van der Waals surface area (Å²) in [5.74, 6) is -0.658. The van der Waals surface area contributed by atoms with Gasteiger partial charge < -0.3 is 14.8 Å². The van der Waals surface area contributed by atoms with Gasteiger partial charge >= 0.3 is 5.97 Å². The minimum atomic E-state index is -0.454. The number of nitrogens with one attached hydrogen (secondary N) is 1. The molecule has 1 saturated heterocycles. The maximum Gasteiger partial charge on any atom is 0.337 e. The van der Waals surface area contributed by atoms with E-state index in [1.165, 1.54) is 11.8 Å². The average molecular weight is 492 g/mol. The summed E-state index contributed by atoms with van der Waals surface area (Å²) in [6, 6.07) is 10.5. The lowest BCUT2D eigenvalue weighted by molar-refractivity contribution is -0.123. The molecular formula is C22H23Cl2N5O4. The zero-order chi connectivity index (χ0) is 23.4. The van der Waals surface area contributed by atoms with Gasteiger partial charge in [-0.25, -0.2) is 9.48 Å². The Morgan fingerprint density at radius 3 is 2.85 bits per heavy atom. The Morgan fingerprint density at radius 2 is 2.06 bits per heavy atom. The Balaban J connectivity index is 1.29. The zero-order valence-corrected chi connectivity index (χ0v) is 19.5. The monoisotopic (exact) mass is 491 g/mol. The number of fused-ring (bicyclic) bond motifs is 1. The number of benzene rings is 2. The Labute approximate surface area is 200 Å². The van der Waals surface area contributed by atoms with Crippen molar-refractivity contribution in [1.82, 2.24) is 25.2 Å². The molecule has 1 unspecified atom stereocenters. The Hall–Kier alpha value is -2.72. The fraction of sp³-hybridized carbons (Fsp3) is 0.364. The number of hydrogen-bond donors (Lipinski definition) is 1. The molecular weight excluding hydrogens is 469 g/mol. The predicted molar refractivity (Wildman–Crippen MR) is 123 cm³/mol. The van der Waals surface area contributed by atoms with Crippen LogP contribution in [0.1, 0.15) is 15.9 Å².